The van der Waals surface area contributed by atoms with Crippen molar-refractivity contribution in [1.29, 1.82) is 0 Å². The van der Waals surface area contributed by atoms with Crippen LogP contribution in [0.1, 0.15) is 30.1 Å². The number of carbonyl (C=O) groups is 1. The van der Waals surface area contributed by atoms with E-state index in [1.807, 2.05) is 25.1 Å². The van der Waals surface area contributed by atoms with Gasteiger partial charge < -0.3 is 15.0 Å². The average molecular weight is 422 g/mol. The Morgan fingerprint density at radius 3 is 2.66 bits per heavy atom. The van der Waals surface area contributed by atoms with Crippen LogP contribution in [0.25, 0.3) is 0 Å². The molecule has 158 valence electrons. The molecule has 1 saturated heterocycles. The van der Waals surface area contributed by atoms with Crippen molar-refractivity contribution in [1.82, 2.24) is 15.1 Å². The molecule has 1 aliphatic rings. The van der Waals surface area contributed by atoms with Gasteiger partial charge in [0.05, 0.1) is 25.7 Å². The van der Waals surface area contributed by atoms with Gasteiger partial charge in [0, 0.05) is 32.2 Å². The third kappa shape index (κ3) is 5.47. The van der Waals surface area contributed by atoms with Crippen molar-refractivity contribution in [3.63, 3.8) is 0 Å². The second-order valence-electron chi connectivity index (χ2n) is 7.16. The molecule has 0 saturated carbocycles. The van der Waals surface area contributed by atoms with Crippen molar-refractivity contribution in [2.75, 3.05) is 40.3 Å². The zero-order valence-electron chi connectivity index (χ0n) is 17.1. The van der Waals surface area contributed by atoms with Crippen molar-refractivity contribution < 1.29 is 13.9 Å². The summed E-state index contributed by atoms with van der Waals surface area (Å²) in [6.45, 7) is 4.68. The molecule has 29 heavy (non-hydrogen) atoms. The second kappa shape index (κ2) is 10.6. The fraction of sp³-hybridized carbons (Fsp3) is 0.409. The van der Waals surface area contributed by atoms with Gasteiger partial charge in [-0.1, -0.05) is 30.3 Å². The maximum Gasteiger partial charge on any atom is 0.237 e. The molecule has 1 N–H and O–H groups in total. The molecule has 0 spiro atoms. The summed E-state index contributed by atoms with van der Waals surface area (Å²) in [7, 11) is 3.47. The fourth-order valence-electron chi connectivity index (χ4n) is 3.65. The van der Waals surface area contributed by atoms with Crippen molar-refractivity contribution in [2.45, 2.75) is 19.0 Å². The van der Waals surface area contributed by atoms with E-state index in [9.17, 15) is 9.18 Å². The first-order valence-corrected chi connectivity index (χ1v) is 9.60. The molecule has 2 aromatic carbocycles. The van der Waals surface area contributed by atoms with E-state index in [1.165, 1.54) is 12.1 Å². The molecule has 0 bridgehead atoms. The molecular formula is C22H29ClFN3O2. The number of nitrogens with zero attached hydrogens (tertiary/aromatic N) is 2. The highest BCUT2D eigenvalue weighted by atomic mass is 35.5. The first kappa shape index (κ1) is 23.1. The van der Waals surface area contributed by atoms with Gasteiger partial charge >= 0.3 is 0 Å². The van der Waals surface area contributed by atoms with E-state index in [2.05, 4.69) is 16.3 Å². The highest BCUT2D eigenvalue weighted by Gasteiger charge is 2.29. The molecule has 2 atom stereocenters. The van der Waals surface area contributed by atoms with Gasteiger partial charge in [-0.05, 0) is 30.7 Å². The van der Waals surface area contributed by atoms with Gasteiger partial charge in [0.15, 0.2) is 0 Å². The minimum atomic E-state index is -0.273. The molecule has 2 aromatic rings. The van der Waals surface area contributed by atoms with E-state index < -0.39 is 0 Å². The van der Waals surface area contributed by atoms with Crippen LogP contribution in [-0.4, -0.2) is 56.0 Å². The van der Waals surface area contributed by atoms with Gasteiger partial charge in [-0.2, -0.15) is 0 Å². The normalized spacial score (nSPS) is 17.9. The zero-order chi connectivity index (χ0) is 20.1. The van der Waals surface area contributed by atoms with Crippen LogP contribution >= 0.6 is 12.4 Å². The number of nitrogens with one attached hydrogen (secondary N) is 1. The number of ether oxygens (including phenoxy) is 1. The summed E-state index contributed by atoms with van der Waals surface area (Å²) < 4.78 is 18.7. The number of halogens is 2. The summed E-state index contributed by atoms with van der Waals surface area (Å²) in [4.78, 5) is 16.9. The SMILES string of the molecule is COc1ccccc1C1CNCCN1CC(=O)N(C)C(C)c1ccc(F)cc1.Cl. The Labute approximate surface area is 178 Å². The van der Waals surface area contributed by atoms with Gasteiger partial charge in [0.25, 0.3) is 0 Å². The third-order valence-electron chi connectivity index (χ3n) is 5.52. The zero-order valence-corrected chi connectivity index (χ0v) is 17.9. The summed E-state index contributed by atoms with van der Waals surface area (Å²) in [6.07, 6.45) is 0. The number of likely N-dealkylation sites (N-methyl/N-ethyl adjacent to an activating group) is 1. The predicted octanol–water partition coefficient (Wildman–Crippen LogP) is 3.42. The van der Waals surface area contributed by atoms with Crippen LogP contribution in [0.15, 0.2) is 48.5 Å². The van der Waals surface area contributed by atoms with Crippen molar-refractivity contribution in [2.24, 2.45) is 0 Å². The number of benzene rings is 2. The molecule has 1 fully saturated rings. The quantitative estimate of drug-likeness (QED) is 0.776. The monoisotopic (exact) mass is 421 g/mol. The van der Waals surface area contributed by atoms with Gasteiger partial charge in [-0.3, -0.25) is 9.69 Å². The fourth-order valence-corrected chi connectivity index (χ4v) is 3.65. The molecular weight excluding hydrogens is 393 g/mol. The van der Waals surface area contributed by atoms with Crippen LogP contribution in [0.5, 0.6) is 5.75 Å². The highest BCUT2D eigenvalue weighted by molar-refractivity contribution is 5.85. The van der Waals surface area contributed by atoms with E-state index in [4.69, 9.17) is 4.74 Å². The van der Waals surface area contributed by atoms with Crippen LogP contribution in [0.3, 0.4) is 0 Å². The van der Waals surface area contributed by atoms with Gasteiger partial charge in [-0.15, -0.1) is 12.4 Å². The molecule has 1 heterocycles. The summed E-state index contributed by atoms with van der Waals surface area (Å²) >= 11 is 0. The number of piperazine rings is 1. The average Bonchev–Trinajstić information content (AvgIpc) is 2.73. The summed E-state index contributed by atoms with van der Waals surface area (Å²) in [5.41, 5.74) is 2.00. The molecule has 1 aliphatic heterocycles. The maximum absolute atomic E-state index is 13.2. The highest BCUT2D eigenvalue weighted by Crippen LogP contribution is 2.30. The topological polar surface area (TPSA) is 44.8 Å². The number of hydrogen-bond acceptors (Lipinski definition) is 4. The van der Waals surface area contributed by atoms with Gasteiger partial charge in [0.1, 0.15) is 11.6 Å². The first-order chi connectivity index (χ1) is 13.5. The van der Waals surface area contributed by atoms with Gasteiger partial charge in [-0.25, -0.2) is 4.39 Å². The largest absolute Gasteiger partial charge is 0.496 e. The van der Waals surface area contributed by atoms with Gasteiger partial charge in [0.2, 0.25) is 5.91 Å². The number of carbonyl (C=O) groups excluding carboxylic acids is 1. The van der Waals surface area contributed by atoms with E-state index in [-0.39, 0.29) is 36.2 Å². The van der Waals surface area contributed by atoms with Crippen LogP contribution in [0.4, 0.5) is 4.39 Å². The van der Waals surface area contributed by atoms with Crippen molar-refractivity contribution >= 4 is 18.3 Å². The lowest BCUT2D eigenvalue weighted by Crippen LogP contribution is -2.50. The second-order valence-corrected chi connectivity index (χ2v) is 7.16. The van der Waals surface area contributed by atoms with Crippen LogP contribution < -0.4 is 10.1 Å². The van der Waals surface area contributed by atoms with E-state index >= 15 is 0 Å². The van der Waals surface area contributed by atoms with Crippen LogP contribution in [-0.2, 0) is 4.79 Å². The lowest BCUT2D eigenvalue weighted by atomic mass is 10.0. The Morgan fingerprint density at radius 1 is 1.28 bits per heavy atom. The Morgan fingerprint density at radius 2 is 1.97 bits per heavy atom. The summed E-state index contributed by atoms with van der Waals surface area (Å²) in [6, 6.07) is 14.2. The predicted molar refractivity (Wildman–Crippen MR) is 115 cm³/mol. The van der Waals surface area contributed by atoms with Crippen molar-refractivity contribution in [3.8, 4) is 5.75 Å². The minimum absolute atomic E-state index is 0. The van der Waals surface area contributed by atoms with Crippen molar-refractivity contribution in [3.05, 3.63) is 65.5 Å². The lowest BCUT2D eigenvalue weighted by Gasteiger charge is -2.38. The lowest BCUT2D eigenvalue weighted by molar-refractivity contribution is -0.133. The summed E-state index contributed by atoms with van der Waals surface area (Å²) in [5.74, 6) is 0.603. The summed E-state index contributed by atoms with van der Waals surface area (Å²) in [5, 5.41) is 3.41. The molecule has 3 rings (SSSR count). The molecule has 1 amide bonds. The molecule has 2 unspecified atom stereocenters. The molecule has 5 nitrogen and oxygen atoms in total. The van der Waals surface area contributed by atoms with Crippen LogP contribution in [0, 0.1) is 5.82 Å². The number of rotatable bonds is 6. The standard InChI is InChI=1S/C22H28FN3O2.ClH/c1-16(17-8-10-18(23)11-9-17)25(2)22(27)15-26-13-12-24-14-20(26)19-6-4-5-7-21(19)28-3;/h4-11,16,20,24H,12-15H2,1-3H3;1H. The van der Waals surface area contributed by atoms with E-state index in [0.29, 0.717) is 6.54 Å². The Balaban J connectivity index is 0.00000300. The Kier molecular flexibility index (Phi) is 8.44. The molecule has 7 heteroatoms. The van der Waals surface area contributed by atoms with E-state index in [0.717, 1.165) is 36.5 Å². The van der Waals surface area contributed by atoms with E-state index in [1.54, 1.807) is 31.2 Å². The number of hydrogen-bond donors (Lipinski definition) is 1. The number of amides is 1. The maximum atomic E-state index is 13.2. The Hall–Kier alpha value is -2.15. The molecule has 0 radical (unpaired) electrons. The smallest absolute Gasteiger partial charge is 0.237 e. The molecule has 0 aromatic heterocycles. The minimum Gasteiger partial charge on any atom is -0.496 e. The third-order valence-corrected chi connectivity index (χ3v) is 5.52. The number of methoxy groups -OCH3 is 1. The van der Waals surface area contributed by atoms with Crippen LogP contribution in [0.2, 0.25) is 0 Å². The first-order valence-electron chi connectivity index (χ1n) is 9.60. The molecule has 0 aliphatic carbocycles. The number of para-hydroxylation sites is 1. The Bertz CT molecular complexity index is 803.